The zero-order chi connectivity index (χ0) is 12.1. The third-order valence-electron chi connectivity index (χ3n) is 4.01. The molecule has 0 unspecified atom stereocenters. The van der Waals surface area contributed by atoms with Crippen molar-refractivity contribution in [2.45, 2.75) is 25.7 Å². The Morgan fingerprint density at radius 2 is 1.78 bits per heavy atom. The summed E-state index contributed by atoms with van der Waals surface area (Å²) < 4.78 is 0. The maximum atomic E-state index is 11.7. The smallest absolute Gasteiger partial charge is 0.236 e. The number of nitrogens with zero attached hydrogens (tertiary/aromatic N) is 2. The maximum Gasteiger partial charge on any atom is 0.236 e. The lowest BCUT2D eigenvalue weighted by Gasteiger charge is -2.33. The van der Waals surface area contributed by atoms with Crippen LogP contribution in [0.15, 0.2) is 0 Å². The standard InChI is InChI=1S/C13H25N3O.ClH/c1-14-10-13(17)16-8-4-12(5-9-16)11-15-6-2-3-7-15;/h12,14H,2-11H2,1H3;1H. The molecule has 1 amide bonds. The number of piperidine rings is 1. The quantitative estimate of drug-likeness (QED) is 0.830. The molecule has 106 valence electrons. The van der Waals surface area contributed by atoms with Crippen molar-refractivity contribution in [3.05, 3.63) is 0 Å². The minimum Gasteiger partial charge on any atom is -0.342 e. The van der Waals surface area contributed by atoms with Crippen LogP contribution in [0.4, 0.5) is 0 Å². The molecule has 0 bridgehead atoms. The largest absolute Gasteiger partial charge is 0.342 e. The summed E-state index contributed by atoms with van der Waals surface area (Å²) in [6.45, 7) is 6.24. The highest BCUT2D eigenvalue weighted by Crippen LogP contribution is 2.20. The number of halogens is 1. The van der Waals surface area contributed by atoms with Crippen molar-refractivity contribution in [1.82, 2.24) is 15.1 Å². The predicted octanol–water partition coefficient (Wildman–Crippen LogP) is 0.962. The number of carbonyl (C=O) groups is 1. The van der Waals surface area contributed by atoms with Gasteiger partial charge < -0.3 is 15.1 Å². The molecule has 0 aromatic carbocycles. The molecular formula is C13H26ClN3O. The van der Waals surface area contributed by atoms with Crippen LogP contribution in [0.1, 0.15) is 25.7 Å². The molecule has 2 rings (SSSR count). The number of hydrogen-bond acceptors (Lipinski definition) is 3. The fourth-order valence-electron chi connectivity index (χ4n) is 2.96. The Kier molecular flexibility index (Phi) is 6.97. The van der Waals surface area contributed by atoms with E-state index in [-0.39, 0.29) is 18.3 Å². The van der Waals surface area contributed by atoms with Gasteiger partial charge in [0.1, 0.15) is 0 Å². The van der Waals surface area contributed by atoms with E-state index in [2.05, 4.69) is 10.2 Å². The van der Waals surface area contributed by atoms with Crippen molar-refractivity contribution in [1.29, 1.82) is 0 Å². The summed E-state index contributed by atoms with van der Waals surface area (Å²) in [5, 5.41) is 2.94. The first-order valence-corrected chi connectivity index (χ1v) is 6.94. The number of nitrogens with one attached hydrogen (secondary N) is 1. The Labute approximate surface area is 116 Å². The summed E-state index contributed by atoms with van der Waals surface area (Å²) in [7, 11) is 1.83. The van der Waals surface area contributed by atoms with Gasteiger partial charge >= 0.3 is 0 Å². The summed E-state index contributed by atoms with van der Waals surface area (Å²) in [5.74, 6) is 1.07. The van der Waals surface area contributed by atoms with Crippen molar-refractivity contribution in [2.75, 3.05) is 46.3 Å². The first kappa shape index (κ1) is 15.7. The molecule has 0 aromatic heterocycles. The van der Waals surface area contributed by atoms with Gasteiger partial charge in [0, 0.05) is 19.6 Å². The molecule has 5 heteroatoms. The third-order valence-corrected chi connectivity index (χ3v) is 4.01. The topological polar surface area (TPSA) is 35.6 Å². The van der Waals surface area contributed by atoms with Gasteiger partial charge in [-0.25, -0.2) is 0 Å². The van der Waals surface area contributed by atoms with E-state index in [4.69, 9.17) is 0 Å². The van der Waals surface area contributed by atoms with Gasteiger partial charge in [0.15, 0.2) is 0 Å². The van der Waals surface area contributed by atoms with E-state index in [1.54, 1.807) is 0 Å². The predicted molar refractivity (Wildman–Crippen MR) is 76.2 cm³/mol. The number of likely N-dealkylation sites (tertiary alicyclic amines) is 2. The van der Waals surface area contributed by atoms with Crippen molar-refractivity contribution in [3.8, 4) is 0 Å². The van der Waals surface area contributed by atoms with E-state index in [0.29, 0.717) is 6.54 Å². The zero-order valence-electron chi connectivity index (χ0n) is 11.4. The van der Waals surface area contributed by atoms with Gasteiger partial charge in [-0.3, -0.25) is 4.79 Å². The Hall–Kier alpha value is -0.320. The Morgan fingerprint density at radius 3 is 2.33 bits per heavy atom. The first-order valence-electron chi connectivity index (χ1n) is 6.94. The number of likely N-dealkylation sites (N-methyl/N-ethyl adjacent to an activating group) is 1. The Balaban J connectivity index is 0.00000162. The number of amides is 1. The molecule has 0 aromatic rings. The van der Waals surface area contributed by atoms with Gasteiger partial charge in [0.2, 0.25) is 5.91 Å². The van der Waals surface area contributed by atoms with E-state index in [1.165, 1.54) is 45.3 Å². The lowest BCUT2D eigenvalue weighted by molar-refractivity contribution is -0.131. The van der Waals surface area contributed by atoms with Crippen LogP contribution in [-0.4, -0.2) is 62.0 Å². The molecule has 2 fully saturated rings. The van der Waals surface area contributed by atoms with Crippen molar-refractivity contribution < 1.29 is 4.79 Å². The van der Waals surface area contributed by atoms with Crippen LogP contribution in [-0.2, 0) is 4.79 Å². The van der Waals surface area contributed by atoms with E-state index in [9.17, 15) is 4.79 Å². The second kappa shape index (κ2) is 7.97. The average Bonchev–Trinajstić information content (AvgIpc) is 2.83. The molecule has 2 saturated heterocycles. The molecule has 0 spiro atoms. The van der Waals surface area contributed by atoms with Crippen LogP contribution in [0.3, 0.4) is 0 Å². The van der Waals surface area contributed by atoms with Crippen LogP contribution >= 0.6 is 12.4 Å². The minimum absolute atomic E-state index is 0. The van der Waals surface area contributed by atoms with Crippen LogP contribution < -0.4 is 5.32 Å². The maximum absolute atomic E-state index is 11.7. The van der Waals surface area contributed by atoms with Crippen molar-refractivity contribution >= 4 is 18.3 Å². The van der Waals surface area contributed by atoms with Gasteiger partial charge in [-0.05, 0) is 51.7 Å². The molecule has 2 aliphatic rings. The van der Waals surface area contributed by atoms with Gasteiger partial charge in [-0.1, -0.05) is 0 Å². The second-order valence-electron chi connectivity index (χ2n) is 5.36. The van der Waals surface area contributed by atoms with E-state index in [1.807, 2.05) is 11.9 Å². The number of carbonyl (C=O) groups excluding carboxylic acids is 1. The van der Waals surface area contributed by atoms with Gasteiger partial charge in [0.05, 0.1) is 6.54 Å². The van der Waals surface area contributed by atoms with E-state index in [0.717, 1.165) is 19.0 Å². The summed E-state index contributed by atoms with van der Waals surface area (Å²) in [6, 6.07) is 0. The SMILES string of the molecule is CNCC(=O)N1CCC(CN2CCCC2)CC1.Cl. The third kappa shape index (κ3) is 4.41. The Bertz CT molecular complexity index is 249. The fourth-order valence-corrected chi connectivity index (χ4v) is 2.96. The lowest BCUT2D eigenvalue weighted by Crippen LogP contribution is -2.44. The van der Waals surface area contributed by atoms with Crippen LogP contribution in [0.5, 0.6) is 0 Å². The summed E-state index contributed by atoms with van der Waals surface area (Å²) in [5.41, 5.74) is 0. The second-order valence-corrected chi connectivity index (χ2v) is 5.36. The molecule has 4 nitrogen and oxygen atoms in total. The van der Waals surface area contributed by atoms with Crippen LogP contribution in [0.2, 0.25) is 0 Å². The zero-order valence-corrected chi connectivity index (χ0v) is 12.2. The molecule has 18 heavy (non-hydrogen) atoms. The number of hydrogen-bond donors (Lipinski definition) is 1. The normalized spacial score (nSPS) is 21.9. The monoisotopic (exact) mass is 275 g/mol. The van der Waals surface area contributed by atoms with Crippen molar-refractivity contribution in [3.63, 3.8) is 0 Å². The number of rotatable bonds is 4. The minimum atomic E-state index is 0. The van der Waals surface area contributed by atoms with Crippen LogP contribution in [0, 0.1) is 5.92 Å². The van der Waals surface area contributed by atoms with E-state index < -0.39 is 0 Å². The highest BCUT2D eigenvalue weighted by atomic mass is 35.5. The average molecular weight is 276 g/mol. The van der Waals surface area contributed by atoms with Gasteiger partial charge in [-0.15, -0.1) is 12.4 Å². The fraction of sp³-hybridized carbons (Fsp3) is 0.923. The molecular weight excluding hydrogens is 250 g/mol. The molecule has 0 aliphatic carbocycles. The summed E-state index contributed by atoms with van der Waals surface area (Å²) in [4.78, 5) is 16.3. The highest BCUT2D eigenvalue weighted by molar-refractivity contribution is 5.85. The molecule has 0 saturated carbocycles. The first-order chi connectivity index (χ1) is 8.29. The van der Waals surface area contributed by atoms with Gasteiger partial charge in [0.25, 0.3) is 0 Å². The summed E-state index contributed by atoms with van der Waals surface area (Å²) >= 11 is 0. The van der Waals surface area contributed by atoms with E-state index >= 15 is 0 Å². The molecule has 0 radical (unpaired) electrons. The molecule has 0 atom stereocenters. The molecule has 1 N–H and O–H groups in total. The molecule has 2 aliphatic heterocycles. The van der Waals surface area contributed by atoms with Crippen molar-refractivity contribution in [2.24, 2.45) is 5.92 Å². The highest BCUT2D eigenvalue weighted by Gasteiger charge is 2.24. The van der Waals surface area contributed by atoms with Crippen LogP contribution in [0.25, 0.3) is 0 Å². The Morgan fingerprint density at radius 1 is 1.17 bits per heavy atom. The lowest BCUT2D eigenvalue weighted by atomic mass is 9.96. The summed E-state index contributed by atoms with van der Waals surface area (Å²) in [6.07, 6.45) is 5.12. The molecule has 2 heterocycles. The van der Waals surface area contributed by atoms with Gasteiger partial charge in [-0.2, -0.15) is 0 Å².